The molecular formula is C10H19N5. The van der Waals surface area contributed by atoms with Crippen LogP contribution in [0.4, 0.5) is 11.8 Å². The van der Waals surface area contributed by atoms with Crippen LogP contribution in [0, 0.1) is 6.92 Å². The predicted octanol–water partition coefficient (Wildman–Crippen LogP) is 0.731. The fourth-order valence-electron chi connectivity index (χ4n) is 1.16. The summed E-state index contributed by atoms with van der Waals surface area (Å²) in [5, 5.41) is 3.25. The molecule has 0 radical (unpaired) electrons. The molecule has 3 N–H and O–H groups in total. The van der Waals surface area contributed by atoms with Gasteiger partial charge in [-0.25, -0.2) is 4.98 Å². The van der Waals surface area contributed by atoms with E-state index in [1.54, 1.807) is 6.20 Å². The van der Waals surface area contributed by atoms with Crippen molar-refractivity contribution in [3.05, 3.63) is 11.8 Å². The normalized spacial score (nSPS) is 10.7. The molecule has 5 heteroatoms. The molecule has 0 aliphatic carbocycles. The van der Waals surface area contributed by atoms with Gasteiger partial charge in [0, 0.05) is 24.8 Å². The van der Waals surface area contributed by atoms with Crippen LogP contribution in [0.1, 0.15) is 12.5 Å². The largest absolute Gasteiger partial charge is 0.368 e. The number of aryl methyl sites for hydroxylation is 1. The van der Waals surface area contributed by atoms with Crippen LogP contribution in [0.5, 0.6) is 0 Å². The lowest BCUT2D eigenvalue weighted by Crippen LogP contribution is -2.25. The summed E-state index contributed by atoms with van der Waals surface area (Å²) in [7, 11) is 2.09. The van der Waals surface area contributed by atoms with E-state index in [-0.39, 0.29) is 0 Å². The van der Waals surface area contributed by atoms with Crippen LogP contribution in [0.3, 0.4) is 0 Å². The third-order valence-corrected chi connectivity index (χ3v) is 2.32. The van der Waals surface area contributed by atoms with Crippen molar-refractivity contribution in [2.45, 2.75) is 13.8 Å². The van der Waals surface area contributed by atoms with Crippen LogP contribution in [-0.4, -0.2) is 41.5 Å². The van der Waals surface area contributed by atoms with Crippen LogP contribution >= 0.6 is 0 Å². The molecule has 0 saturated carbocycles. The number of hydrogen-bond donors (Lipinski definition) is 2. The number of rotatable bonds is 5. The van der Waals surface area contributed by atoms with Gasteiger partial charge in [0.05, 0.1) is 0 Å². The molecule has 0 fully saturated rings. The first-order valence-electron chi connectivity index (χ1n) is 5.15. The third kappa shape index (κ3) is 3.71. The van der Waals surface area contributed by atoms with E-state index in [4.69, 9.17) is 5.73 Å². The maximum Gasteiger partial charge on any atom is 0.221 e. The highest BCUT2D eigenvalue weighted by Crippen LogP contribution is 2.09. The number of anilines is 2. The summed E-state index contributed by atoms with van der Waals surface area (Å²) in [6.07, 6.45) is 1.73. The summed E-state index contributed by atoms with van der Waals surface area (Å²) in [6, 6.07) is 0. The van der Waals surface area contributed by atoms with Gasteiger partial charge in [-0.15, -0.1) is 0 Å². The quantitative estimate of drug-likeness (QED) is 0.748. The molecule has 0 amide bonds. The van der Waals surface area contributed by atoms with Gasteiger partial charge in [0.25, 0.3) is 0 Å². The van der Waals surface area contributed by atoms with Crippen LogP contribution in [0.25, 0.3) is 0 Å². The Morgan fingerprint density at radius 3 is 2.93 bits per heavy atom. The molecule has 84 valence electrons. The molecule has 1 aromatic heterocycles. The zero-order valence-electron chi connectivity index (χ0n) is 9.62. The summed E-state index contributed by atoms with van der Waals surface area (Å²) in [5.41, 5.74) is 6.53. The van der Waals surface area contributed by atoms with Gasteiger partial charge in [-0.05, 0) is 20.5 Å². The number of likely N-dealkylation sites (N-methyl/N-ethyl adjacent to an activating group) is 1. The molecule has 0 unspecified atom stereocenters. The number of hydrogen-bond acceptors (Lipinski definition) is 5. The molecule has 1 heterocycles. The molecule has 1 rings (SSSR count). The van der Waals surface area contributed by atoms with Crippen molar-refractivity contribution in [2.75, 3.05) is 37.7 Å². The predicted molar refractivity (Wildman–Crippen MR) is 62.8 cm³/mol. The molecule has 15 heavy (non-hydrogen) atoms. The monoisotopic (exact) mass is 209 g/mol. The van der Waals surface area contributed by atoms with E-state index in [0.29, 0.717) is 5.95 Å². The molecule has 0 aliphatic heterocycles. The minimum Gasteiger partial charge on any atom is -0.368 e. The van der Waals surface area contributed by atoms with E-state index < -0.39 is 0 Å². The van der Waals surface area contributed by atoms with Gasteiger partial charge in [0.1, 0.15) is 5.82 Å². The zero-order chi connectivity index (χ0) is 11.3. The lowest BCUT2D eigenvalue weighted by atomic mass is 10.3. The molecule has 0 saturated heterocycles. The number of nitrogen functional groups attached to an aromatic ring is 1. The van der Waals surface area contributed by atoms with E-state index in [1.807, 2.05) is 6.92 Å². The maximum atomic E-state index is 5.51. The van der Waals surface area contributed by atoms with Crippen molar-refractivity contribution in [1.29, 1.82) is 0 Å². The highest BCUT2D eigenvalue weighted by Gasteiger charge is 2.01. The minimum atomic E-state index is 0.312. The van der Waals surface area contributed by atoms with E-state index >= 15 is 0 Å². The zero-order valence-corrected chi connectivity index (χ0v) is 9.62. The summed E-state index contributed by atoms with van der Waals surface area (Å²) < 4.78 is 0. The Kier molecular flexibility index (Phi) is 4.30. The lowest BCUT2D eigenvalue weighted by Gasteiger charge is -2.15. The van der Waals surface area contributed by atoms with Crippen LogP contribution in [-0.2, 0) is 0 Å². The van der Waals surface area contributed by atoms with Crippen molar-refractivity contribution in [1.82, 2.24) is 14.9 Å². The smallest absolute Gasteiger partial charge is 0.221 e. The number of nitrogens with two attached hydrogens (primary N) is 1. The van der Waals surface area contributed by atoms with Gasteiger partial charge in [-0.3, -0.25) is 0 Å². The second-order valence-corrected chi connectivity index (χ2v) is 3.58. The first-order chi connectivity index (χ1) is 7.13. The fourth-order valence-corrected chi connectivity index (χ4v) is 1.16. The first-order valence-corrected chi connectivity index (χ1v) is 5.15. The third-order valence-electron chi connectivity index (χ3n) is 2.32. The van der Waals surface area contributed by atoms with E-state index in [1.165, 1.54) is 0 Å². The van der Waals surface area contributed by atoms with E-state index in [0.717, 1.165) is 31.0 Å². The highest BCUT2D eigenvalue weighted by molar-refractivity contribution is 5.44. The Hall–Kier alpha value is -1.36. The van der Waals surface area contributed by atoms with Gasteiger partial charge in [-0.1, -0.05) is 6.92 Å². The van der Waals surface area contributed by atoms with Gasteiger partial charge in [0.15, 0.2) is 0 Å². The first kappa shape index (κ1) is 11.7. The summed E-state index contributed by atoms with van der Waals surface area (Å²) in [4.78, 5) is 10.3. The molecule has 0 atom stereocenters. The second kappa shape index (κ2) is 5.50. The molecule has 0 spiro atoms. The van der Waals surface area contributed by atoms with Crippen LogP contribution < -0.4 is 11.1 Å². The Bertz CT molecular complexity index is 313. The topological polar surface area (TPSA) is 67.1 Å². The molecule has 0 bridgehead atoms. The van der Waals surface area contributed by atoms with Gasteiger partial charge >= 0.3 is 0 Å². The molecule has 1 aromatic rings. The average molecular weight is 209 g/mol. The highest BCUT2D eigenvalue weighted by atomic mass is 15.1. The number of nitrogens with one attached hydrogen (secondary N) is 1. The van der Waals surface area contributed by atoms with Crippen LogP contribution in [0.2, 0.25) is 0 Å². The Balaban J connectivity index is 2.46. The fraction of sp³-hybridized carbons (Fsp3) is 0.600. The second-order valence-electron chi connectivity index (χ2n) is 3.58. The van der Waals surface area contributed by atoms with Gasteiger partial charge < -0.3 is 16.0 Å². The minimum absolute atomic E-state index is 0.312. The van der Waals surface area contributed by atoms with Crippen molar-refractivity contribution in [3.8, 4) is 0 Å². The van der Waals surface area contributed by atoms with E-state index in [2.05, 4.69) is 34.2 Å². The lowest BCUT2D eigenvalue weighted by molar-refractivity contribution is 0.367. The van der Waals surface area contributed by atoms with Crippen molar-refractivity contribution in [2.24, 2.45) is 0 Å². The molecule has 5 nitrogen and oxygen atoms in total. The molecule has 0 aromatic carbocycles. The average Bonchev–Trinajstić information content (AvgIpc) is 2.23. The Morgan fingerprint density at radius 1 is 1.53 bits per heavy atom. The summed E-state index contributed by atoms with van der Waals surface area (Å²) in [6.45, 7) is 6.99. The van der Waals surface area contributed by atoms with Crippen molar-refractivity contribution < 1.29 is 0 Å². The van der Waals surface area contributed by atoms with Gasteiger partial charge in [0.2, 0.25) is 5.95 Å². The number of aromatic nitrogens is 2. The maximum absolute atomic E-state index is 5.51. The summed E-state index contributed by atoms with van der Waals surface area (Å²) in [5.74, 6) is 1.14. The Morgan fingerprint density at radius 2 is 2.27 bits per heavy atom. The molecular weight excluding hydrogens is 190 g/mol. The standard InChI is InChI=1S/C10H19N5/c1-4-15(3)6-5-12-9-8(2)7-13-10(11)14-9/h7H,4-6H2,1-3H3,(H3,11,12,13,14). The van der Waals surface area contributed by atoms with Crippen molar-refractivity contribution in [3.63, 3.8) is 0 Å². The van der Waals surface area contributed by atoms with Gasteiger partial charge in [-0.2, -0.15) is 4.98 Å². The van der Waals surface area contributed by atoms with E-state index in [9.17, 15) is 0 Å². The molecule has 0 aliphatic rings. The summed E-state index contributed by atoms with van der Waals surface area (Å²) >= 11 is 0. The SMILES string of the molecule is CCN(C)CCNc1nc(N)ncc1C. The Labute approximate surface area is 90.7 Å². The number of nitrogens with zero attached hydrogens (tertiary/aromatic N) is 3. The van der Waals surface area contributed by atoms with Crippen molar-refractivity contribution >= 4 is 11.8 Å². The van der Waals surface area contributed by atoms with Crippen LogP contribution in [0.15, 0.2) is 6.20 Å².